The molecule has 19 heteroatoms. The fourth-order valence-electron chi connectivity index (χ4n) is 4.90. The lowest BCUT2D eigenvalue weighted by Crippen LogP contribution is -2.50. The van der Waals surface area contributed by atoms with Crippen LogP contribution in [0, 0.1) is 5.92 Å². The van der Waals surface area contributed by atoms with Crippen LogP contribution < -0.4 is 43.8 Å². The Morgan fingerprint density at radius 1 is 0.849 bits per heavy atom. The van der Waals surface area contributed by atoms with Crippen LogP contribution in [0.2, 0.25) is 0 Å². The lowest BCUT2D eigenvalue weighted by molar-refractivity contribution is -0.139. The molecule has 2 aromatic heterocycles. The molecule has 0 aliphatic rings. The van der Waals surface area contributed by atoms with E-state index in [-0.39, 0.29) is 59.7 Å². The van der Waals surface area contributed by atoms with E-state index in [2.05, 4.69) is 46.5 Å². The van der Waals surface area contributed by atoms with Gasteiger partial charge in [0.15, 0.2) is 17.0 Å². The number of benzene rings is 2. The molecule has 4 aromatic rings. The van der Waals surface area contributed by atoms with Gasteiger partial charge >= 0.3 is 11.9 Å². The van der Waals surface area contributed by atoms with Crippen LogP contribution in [0.5, 0.6) is 0 Å². The topological polar surface area (TPSA) is 316 Å². The van der Waals surface area contributed by atoms with Gasteiger partial charge in [0.05, 0.1) is 35.7 Å². The molecular formula is C34H42N12O7. The molecule has 0 saturated heterocycles. The second kappa shape index (κ2) is 17.5. The molecule has 3 amide bonds. The number of aliphatic carboxylic acids is 1. The minimum atomic E-state index is -1.30. The predicted octanol–water partition coefficient (Wildman–Crippen LogP) is 1.40. The average molecular weight is 731 g/mol. The lowest BCUT2D eigenvalue weighted by Gasteiger charge is -2.20. The Balaban J connectivity index is 1.26. The van der Waals surface area contributed by atoms with Gasteiger partial charge in [-0.25, -0.2) is 19.6 Å². The molecule has 0 aliphatic carbocycles. The molecule has 280 valence electrons. The third-order valence-electron chi connectivity index (χ3n) is 8.00. The third kappa shape index (κ3) is 10.7. The van der Waals surface area contributed by atoms with Gasteiger partial charge in [0, 0.05) is 23.5 Å². The van der Waals surface area contributed by atoms with Crippen molar-refractivity contribution in [2.24, 2.45) is 11.7 Å². The quantitative estimate of drug-likeness (QED) is 0.0686. The van der Waals surface area contributed by atoms with Crippen molar-refractivity contribution in [3.63, 3.8) is 0 Å². The number of carbonyl (C=O) groups excluding carboxylic acids is 3. The van der Waals surface area contributed by atoms with Gasteiger partial charge in [-0.15, -0.1) is 0 Å². The second-order valence-electron chi connectivity index (χ2n) is 12.4. The number of amides is 3. The van der Waals surface area contributed by atoms with Crippen LogP contribution in [-0.2, 0) is 20.9 Å². The molecule has 13 N–H and O–H groups in total. The van der Waals surface area contributed by atoms with Crippen LogP contribution in [0.15, 0.2) is 48.7 Å². The van der Waals surface area contributed by atoms with Gasteiger partial charge in [0.2, 0.25) is 17.8 Å². The molecule has 53 heavy (non-hydrogen) atoms. The summed E-state index contributed by atoms with van der Waals surface area (Å²) in [5.41, 5.74) is 19.6. The van der Waals surface area contributed by atoms with Gasteiger partial charge in [-0.3, -0.25) is 14.4 Å². The maximum atomic E-state index is 12.9. The summed E-state index contributed by atoms with van der Waals surface area (Å²) in [6.45, 7) is 5.52. The molecule has 0 aliphatic heterocycles. The smallest absolute Gasteiger partial charge is 0.337 e. The first kappa shape index (κ1) is 39.2. The van der Waals surface area contributed by atoms with Crippen LogP contribution in [0.3, 0.4) is 0 Å². The number of carboxylic acids is 2. The number of nitrogens with one attached hydrogen (secondary N) is 5. The monoisotopic (exact) mass is 730 g/mol. The Hall–Kier alpha value is -6.63. The van der Waals surface area contributed by atoms with E-state index >= 15 is 0 Å². The highest BCUT2D eigenvalue weighted by Crippen LogP contribution is 2.22. The summed E-state index contributed by atoms with van der Waals surface area (Å²) >= 11 is 0. The molecule has 3 atom stereocenters. The average Bonchev–Trinajstić information content (AvgIpc) is 3.11. The van der Waals surface area contributed by atoms with Gasteiger partial charge in [-0.1, -0.05) is 13.8 Å². The minimum absolute atomic E-state index is 0.00325. The summed E-state index contributed by atoms with van der Waals surface area (Å²) in [7, 11) is 0. The third-order valence-corrected chi connectivity index (χ3v) is 8.00. The number of nitrogen functional groups attached to an aromatic ring is 2. The fourth-order valence-corrected chi connectivity index (χ4v) is 4.90. The van der Waals surface area contributed by atoms with Crippen molar-refractivity contribution in [1.82, 2.24) is 30.6 Å². The van der Waals surface area contributed by atoms with Crippen molar-refractivity contribution in [2.75, 3.05) is 34.0 Å². The number of aromatic nitrogens is 4. The Morgan fingerprint density at radius 3 is 2.21 bits per heavy atom. The minimum Gasteiger partial charge on any atom is -0.480 e. The van der Waals surface area contributed by atoms with Crippen molar-refractivity contribution in [3.05, 3.63) is 65.5 Å². The van der Waals surface area contributed by atoms with Gasteiger partial charge in [-0.05, 0) is 68.1 Å². The Kier molecular flexibility index (Phi) is 13.0. The highest BCUT2D eigenvalue weighted by atomic mass is 16.4. The van der Waals surface area contributed by atoms with E-state index < -0.39 is 47.8 Å². The predicted molar refractivity (Wildman–Crippen MR) is 197 cm³/mol. The number of fused-ring (bicyclic) bond motifs is 1. The molecule has 0 radical (unpaired) electrons. The number of aromatic carboxylic acids is 1. The first-order chi connectivity index (χ1) is 25.1. The number of carbonyl (C=O) groups is 5. The van der Waals surface area contributed by atoms with E-state index in [0.29, 0.717) is 29.0 Å². The molecule has 2 aromatic carbocycles. The maximum absolute atomic E-state index is 12.9. The van der Waals surface area contributed by atoms with E-state index in [1.54, 1.807) is 44.2 Å². The summed E-state index contributed by atoms with van der Waals surface area (Å²) in [5, 5.41) is 33.2. The maximum Gasteiger partial charge on any atom is 0.337 e. The van der Waals surface area contributed by atoms with E-state index in [4.69, 9.17) is 17.2 Å². The van der Waals surface area contributed by atoms with Gasteiger partial charge in [0.1, 0.15) is 12.1 Å². The SMILES string of the molecule is CC(C)[C@H](N)C(=O)N[C@@H](C)C(=O)Nc1ccc(NCCC[C@H](NC(=O)c2ccc(NCc3cnc4nc(N)nc(N)c4n3)cc2)C(=O)O)cc1C(=O)O. The summed E-state index contributed by atoms with van der Waals surface area (Å²) in [6, 6.07) is 7.70. The molecule has 2 heterocycles. The van der Waals surface area contributed by atoms with E-state index in [1.807, 2.05) is 0 Å². The number of rotatable bonds is 17. The number of carboxylic acid groups (broad SMARTS) is 2. The number of anilines is 5. The Morgan fingerprint density at radius 2 is 1.55 bits per heavy atom. The van der Waals surface area contributed by atoms with E-state index in [1.165, 1.54) is 25.3 Å². The largest absolute Gasteiger partial charge is 0.480 e. The van der Waals surface area contributed by atoms with E-state index in [0.717, 1.165) is 0 Å². The zero-order valence-electron chi connectivity index (χ0n) is 29.2. The number of hydrogen-bond donors (Lipinski definition) is 10. The second-order valence-corrected chi connectivity index (χ2v) is 12.4. The van der Waals surface area contributed by atoms with Crippen LogP contribution >= 0.6 is 0 Å². The highest BCUT2D eigenvalue weighted by molar-refractivity contribution is 6.04. The first-order valence-electron chi connectivity index (χ1n) is 16.5. The van der Waals surface area contributed by atoms with Crippen molar-refractivity contribution >= 4 is 69.7 Å². The van der Waals surface area contributed by atoms with Crippen molar-refractivity contribution in [2.45, 2.75) is 58.3 Å². The molecule has 4 rings (SSSR count). The number of nitrogens with zero attached hydrogens (tertiary/aromatic N) is 4. The lowest BCUT2D eigenvalue weighted by atomic mass is 10.0. The summed E-state index contributed by atoms with van der Waals surface area (Å²) in [5.74, 6) is -4.26. The Labute approximate surface area is 303 Å². The molecule has 19 nitrogen and oxygen atoms in total. The van der Waals surface area contributed by atoms with Gasteiger partial charge in [0.25, 0.3) is 5.91 Å². The molecule has 0 saturated carbocycles. The summed E-state index contributed by atoms with van der Waals surface area (Å²) < 4.78 is 0. The first-order valence-corrected chi connectivity index (χ1v) is 16.5. The van der Waals surface area contributed by atoms with Crippen molar-refractivity contribution in [1.29, 1.82) is 0 Å². The van der Waals surface area contributed by atoms with Crippen LogP contribution in [0.25, 0.3) is 11.2 Å². The van der Waals surface area contributed by atoms with E-state index in [9.17, 15) is 34.2 Å². The van der Waals surface area contributed by atoms with Crippen molar-refractivity contribution < 1.29 is 34.2 Å². The van der Waals surface area contributed by atoms with Crippen LogP contribution in [-0.4, -0.2) is 84.5 Å². The standard InChI is InChI=1S/C34H42N12O7/c1-16(2)25(35)31(49)41-17(3)29(47)43-23-11-10-20(13-22(23)32(50)51)38-12-4-5-24(33(52)53)44-30(48)18-6-8-19(9-7-18)39-14-21-15-40-28-26(42-21)27(36)45-34(37)46-28/h6-11,13,15-17,24-25,38-39H,4-5,12,14,35H2,1-3H3,(H,41,49)(H,43,47)(H,44,48)(H,50,51)(H,52,53)(H4,36,37,40,45,46)/t17-,24-,25-/m0/s1. The summed E-state index contributed by atoms with van der Waals surface area (Å²) in [6.07, 6.45) is 1.90. The normalized spacial score (nSPS) is 12.7. The molecular weight excluding hydrogens is 688 g/mol. The Bertz CT molecular complexity index is 1990. The zero-order valence-corrected chi connectivity index (χ0v) is 29.2. The number of hydrogen-bond acceptors (Lipinski definition) is 14. The fraction of sp³-hybridized carbons (Fsp3) is 0.324. The molecule has 0 unspecified atom stereocenters. The van der Waals surface area contributed by atoms with Crippen LogP contribution in [0.1, 0.15) is 60.0 Å². The molecule has 0 spiro atoms. The highest BCUT2D eigenvalue weighted by Gasteiger charge is 2.24. The summed E-state index contributed by atoms with van der Waals surface area (Å²) in [4.78, 5) is 78.2. The van der Waals surface area contributed by atoms with Gasteiger partial charge in [-0.2, -0.15) is 9.97 Å². The van der Waals surface area contributed by atoms with Crippen LogP contribution in [0.4, 0.5) is 28.8 Å². The molecule has 0 bridgehead atoms. The zero-order chi connectivity index (χ0) is 38.8. The van der Waals surface area contributed by atoms with Gasteiger partial charge < -0.3 is 54.0 Å². The number of nitrogens with two attached hydrogens (primary N) is 3. The molecule has 0 fully saturated rings. The van der Waals surface area contributed by atoms with Crippen molar-refractivity contribution in [3.8, 4) is 0 Å².